The summed E-state index contributed by atoms with van der Waals surface area (Å²) in [6, 6.07) is 11.5. The summed E-state index contributed by atoms with van der Waals surface area (Å²) in [6.45, 7) is 4.92. The van der Waals surface area contributed by atoms with Crippen molar-refractivity contribution in [3.8, 4) is 5.75 Å². The van der Waals surface area contributed by atoms with Gasteiger partial charge in [-0.05, 0) is 64.7 Å². The summed E-state index contributed by atoms with van der Waals surface area (Å²) in [7, 11) is 0. The molecule has 0 saturated heterocycles. The van der Waals surface area contributed by atoms with Crippen molar-refractivity contribution in [3.63, 3.8) is 0 Å². The largest absolute Gasteiger partial charge is 0.508 e. The van der Waals surface area contributed by atoms with Gasteiger partial charge >= 0.3 is 0 Å². The van der Waals surface area contributed by atoms with Crippen molar-refractivity contribution < 1.29 is 5.11 Å². The van der Waals surface area contributed by atoms with E-state index in [1.54, 1.807) is 12.1 Å². The van der Waals surface area contributed by atoms with Crippen molar-refractivity contribution in [2.45, 2.75) is 20.4 Å². The highest BCUT2D eigenvalue weighted by Crippen LogP contribution is 2.28. The smallest absolute Gasteiger partial charge is 0.115 e. The number of anilines is 1. The van der Waals surface area contributed by atoms with E-state index >= 15 is 0 Å². The third kappa shape index (κ3) is 3.05. The van der Waals surface area contributed by atoms with E-state index in [0.717, 1.165) is 22.3 Å². The Balaban J connectivity index is 2.13. The number of rotatable bonds is 3. The number of aryl methyl sites for hydroxylation is 2. The molecule has 0 aliphatic heterocycles. The van der Waals surface area contributed by atoms with Crippen LogP contribution in [-0.2, 0) is 6.54 Å². The predicted molar refractivity (Wildman–Crippen MR) is 79.0 cm³/mol. The summed E-state index contributed by atoms with van der Waals surface area (Å²) >= 11 is 3.58. The number of halogens is 1. The highest BCUT2D eigenvalue weighted by molar-refractivity contribution is 9.10. The van der Waals surface area contributed by atoms with Gasteiger partial charge in [0.15, 0.2) is 0 Å². The molecule has 0 fully saturated rings. The van der Waals surface area contributed by atoms with Gasteiger partial charge < -0.3 is 10.4 Å². The van der Waals surface area contributed by atoms with Crippen LogP contribution < -0.4 is 5.32 Å². The molecule has 2 rings (SSSR count). The standard InChI is InChI=1S/C15H16BrNO/c1-10-7-11(2)15(14(16)8-10)17-9-12-3-5-13(18)6-4-12/h3-8,17-18H,9H2,1-2H3. The monoisotopic (exact) mass is 305 g/mol. The molecule has 2 nitrogen and oxygen atoms in total. The first-order chi connectivity index (χ1) is 8.56. The first-order valence-corrected chi connectivity index (χ1v) is 6.64. The van der Waals surface area contributed by atoms with E-state index in [2.05, 4.69) is 47.2 Å². The van der Waals surface area contributed by atoms with E-state index in [0.29, 0.717) is 5.75 Å². The molecule has 0 radical (unpaired) electrons. The van der Waals surface area contributed by atoms with Gasteiger partial charge in [-0.2, -0.15) is 0 Å². The average molecular weight is 306 g/mol. The number of phenolic OH excluding ortho intramolecular Hbond substituents is 1. The summed E-state index contributed by atoms with van der Waals surface area (Å²) in [5, 5.41) is 12.6. The maximum Gasteiger partial charge on any atom is 0.115 e. The van der Waals surface area contributed by atoms with Crippen LogP contribution in [-0.4, -0.2) is 5.11 Å². The quantitative estimate of drug-likeness (QED) is 0.882. The molecule has 0 amide bonds. The zero-order valence-corrected chi connectivity index (χ0v) is 12.1. The molecule has 0 atom stereocenters. The van der Waals surface area contributed by atoms with Crippen LogP contribution in [0.3, 0.4) is 0 Å². The fourth-order valence-electron chi connectivity index (χ4n) is 1.94. The number of hydrogen-bond donors (Lipinski definition) is 2. The Morgan fingerprint density at radius 2 is 1.78 bits per heavy atom. The van der Waals surface area contributed by atoms with Crippen LogP contribution in [0, 0.1) is 13.8 Å². The molecule has 0 saturated carbocycles. The molecule has 0 heterocycles. The Morgan fingerprint density at radius 3 is 2.39 bits per heavy atom. The van der Waals surface area contributed by atoms with Crippen molar-refractivity contribution in [3.05, 3.63) is 57.6 Å². The molecule has 0 aromatic heterocycles. The summed E-state index contributed by atoms with van der Waals surface area (Å²) < 4.78 is 1.08. The summed E-state index contributed by atoms with van der Waals surface area (Å²) in [5.41, 5.74) is 4.73. The van der Waals surface area contributed by atoms with Crippen molar-refractivity contribution in [2.24, 2.45) is 0 Å². The van der Waals surface area contributed by atoms with Gasteiger partial charge in [-0.1, -0.05) is 18.2 Å². The number of benzene rings is 2. The van der Waals surface area contributed by atoms with Crippen LogP contribution in [0.15, 0.2) is 40.9 Å². The topological polar surface area (TPSA) is 32.3 Å². The minimum absolute atomic E-state index is 0.298. The fourth-order valence-corrected chi connectivity index (χ4v) is 2.76. The van der Waals surface area contributed by atoms with Crippen LogP contribution in [0.1, 0.15) is 16.7 Å². The van der Waals surface area contributed by atoms with Gasteiger partial charge in [0.1, 0.15) is 5.75 Å². The van der Waals surface area contributed by atoms with Crippen molar-refractivity contribution in [1.82, 2.24) is 0 Å². The maximum absolute atomic E-state index is 9.23. The third-order valence-electron chi connectivity index (χ3n) is 2.84. The summed E-state index contributed by atoms with van der Waals surface area (Å²) in [6.07, 6.45) is 0. The number of phenols is 1. The zero-order valence-electron chi connectivity index (χ0n) is 10.5. The zero-order chi connectivity index (χ0) is 13.1. The lowest BCUT2D eigenvalue weighted by Crippen LogP contribution is -2.02. The van der Waals surface area contributed by atoms with Gasteiger partial charge in [0.25, 0.3) is 0 Å². The summed E-state index contributed by atoms with van der Waals surface area (Å²) in [4.78, 5) is 0. The molecule has 2 aromatic rings. The van der Waals surface area contributed by atoms with Crippen LogP contribution in [0.4, 0.5) is 5.69 Å². The van der Waals surface area contributed by atoms with Gasteiger partial charge in [0.2, 0.25) is 0 Å². The highest BCUT2D eigenvalue weighted by atomic mass is 79.9. The van der Waals surface area contributed by atoms with Crippen LogP contribution in [0.5, 0.6) is 5.75 Å². The van der Waals surface area contributed by atoms with E-state index in [1.165, 1.54) is 11.1 Å². The molecule has 0 bridgehead atoms. The second kappa shape index (κ2) is 5.44. The molecular weight excluding hydrogens is 290 g/mol. The van der Waals surface area contributed by atoms with Crippen LogP contribution in [0.2, 0.25) is 0 Å². The number of nitrogens with one attached hydrogen (secondary N) is 1. The Labute approximate surface area is 116 Å². The maximum atomic E-state index is 9.23. The average Bonchev–Trinajstić information content (AvgIpc) is 2.30. The first kappa shape index (κ1) is 13.0. The fraction of sp³-hybridized carbons (Fsp3) is 0.200. The van der Waals surface area contributed by atoms with Crippen molar-refractivity contribution in [1.29, 1.82) is 0 Å². The lowest BCUT2D eigenvalue weighted by molar-refractivity contribution is 0.475. The molecule has 2 aromatic carbocycles. The molecule has 18 heavy (non-hydrogen) atoms. The van der Waals surface area contributed by atoms with Crippen molar-refractivity contribution >= 4 is 21.6 Å². The minimum Gasteiger partial charge on any atom is -0.508 e. The predicted octanol–water partition coefficient (Wildman–Crippen LogP) is 4.38. The van der Waals surface area contributed by atoms with Gasteiger partial charge in [-0.3, -0.25) is 0 Å². The van der Waals surface area contributed by atoms with Gasteiger partial charge in [0.05, 0.1) is 5.69 Å². The molecule has 0 aliphatic carbocycles. The van der Waals surface area contributed by atoms with Crippen LogP contribution in [0.25, 0.3) is 0 Å². The SMILES string of the molecule is Cc1cc(C)c(NCc2ccc(O)cc2)c(Br)c1. The minimum atomic E-state index is 0.298. The molecular formula is C15H16BrNO. The highest BCUT2D eigenvalue weighted by Gasteiger charge is 2.04. The van der Waals surface area contributed by atoms with E-state index in [9.17, 15) is 5.11 Å². The van der Waals surface area contributed by atoms with E-state index in [1.807, 2.05) is 12.1 Å². The van der Waals surface area contributed by atoms with E-state index < -0.39 is 0 Å². The first-order valence-electron chi connectivity index (χ1n) is 5.85. The normalized spacial score (nSPS) is 10.4. The molecule has 3 heteroatoms. The Hall–Kier alpha value is -1.48. The lowest BCUT2D eigenvalue weighted by atomic mass is 10.1. The van der Waals surface area contributed by atoms with Gasteiger partial charge in [0, 0.05) is 11.0 Å². The molecule has 0 aliphatic rings. The van der Waals surface area contributed by atoms with Gasteiger partial charge in [-0.25, -0.2) is 0 Å². The second-order valence-electron chi connectivity index (χ2n) is 4.46. The van der Waals surface area contributed by atoms with E-state index in [4.69, 9.17) is 0 Å². The summed E-state index contributed by atoms with van der Waals surface area (Å²) in [5.74, 6) is 0.298. The molecule has 2 N–H and O–H groups in total. The third-order valence-corrected chi connectivity index (χ3v) is 3.46. The van der Waals surface area contributed by atoms with Gasteiger partial charge in [-0.15, -0.1) is 0 Å². The number of aromatic hydroxyl groups is 1. The number of hydrogen-bond acceptors (Lipinski definition) is 2. The van der Waals surface area contributed by atoms with E-state index in [-0.39, 0.29) is 0 Å². The lowest BCUT2D eigenvalue weighted by Gasteiger charge is -2.13. The van der Waals surface area contributed by atoms with Crippen molar-refractivity contribution in [2.75, 3.05) is 5.32 Å². The molecule has 0 unspecified atom stereocenters. The Kier molecular flexibility index (Phi) is 3.92. The Bertz CT molecular complexity index is 526. The Morgan fingerprint density at radius 1 is 1.11 bits per heavy atom. The second-order valence-corrected chi connectivity index (χ2v) is 5.31. The molecule has 0 spiro atoms. The molecule has 94 valence electrons. The van der Waals surface area contributed by atoms with Crippen LogP contribution >= 0.6 is 15.9 Å².